The Hall–Kier alpha value is -2.96. The summed E-state index contributed by atoms with van der Waals surface area (Å²) in [4.78, 5) is 23.6. The van der Waals surface area contributed by atoms with Gasteiger partial charge in [0.2, 0.25) is 0 Å². The zero-order valence-corrected chi connectivity index (χ0v) is 13.8. The van der Waals surface area contributed by atoms with E-state index in [0.29, 0.717) is 22.8 Å². The highest BCUT2D eigenvalue weighted by molar-refractivity contribution is 5.93. The topological polar surface area (TPSA) is 89.8 Å². The predicted molar refractivity (Wildman–Crippen MR) is 87.4 cm³/mol. The molecule has 0 aliphatic heterocycles. The number of carboxylic acids is 1. The smallest absolute Gasteiger partial charge is 0.305 e. The van der Waals surface area contributed by atoms with Crippen molar-refractivity contribution in [3.8, 4) is 11.5 Å². The van der Waals surface area contributed by atoms with E-state index in [4.69, 9.17) is 9.47 Å². The quantitative estimate of drug-likeness (QED) is 0.809. The molecular weight excluding hydrogens is 312 g/mol. The molecule has 2 N–H and O–H groups in total. The van der Waals surface area contributed by atoms with Gasteiger partial charge >= 0.3 is 5.97 Å². The third-order valence-electron chi connectivity index (χ3n) is 3.68. The van der Waals surface area contributed by atoms with Crippen molar-refractivity contribution in [3.63, 3.8) is 0 Å². The maximum atomic E-state index is 12.4. The Morgan fingerprint density at radius 2 is 2.00 bits per heavy atom. The number of carbonyl (C=O) groups excluding carboxylic acids is 1. The Labute approximate surface area is 139 Å². The van der Waals surface area contributed by atoms with Crippen LogP contribution in [0.5, 0.6) is 11.5 Å². The number of aryl methyl sites for hydroxylation is 1. The van der Waals surface area contributed by atoms with Crippen LogP contribution >= 0.6 is 0 Å². The van der Waals surface area contributed by atoms with Crippen molar-refractivity contribution >= 4 is 11.9 Å². The van der Waals surface area contributed by atoms with E-state index in [2.05, 4.69) is 5.32 Å². The number of benzene rings is 1. The normalized spacial score (nSPS) is 11.6. The van der Waals surface area contributed by atoms with Gasteiger partial charge in [-0.2, -0.15) is 0 Å². The second-order valence-corrected chi connectivity index (χ2v) is 5.24. The third kappa shape index (κ3) is 3.87. The number of carbonyl (C=O) groups is 2. The van der Waals surface area contributed by atoms with E-state index in [1.54, 1.807) is 48.1 Å². The molecular formula is C17H20N2O5. The van der Waals surface area contributed by atoms with Crippen LogP contribution in [0.3, 0.4) is 0 Å². The molecule has 0 fully saturated rings. The Balaban J connectivity index is 2.33. The van der Waals surface area contributed by atoms with Gasteiger partial charge in [0.15, 0.2) is 0 Å². The lowest BCUT2D eigenvalue weighted by Gasteiger charge is -2.20. The van der Waals surface area contributed by atoms with Crippen molar-refractivity contribution in [1.82, 2.24) is 9.88 Å². The zero-order valence-electron chi connectivity index (χ0n) is 13.8. The summed E-state index contributed by atoms with van der Waals surface area (Å²) in [6, 6.07) is 7.72. The number of aromatic nitrogens is 1. The first-order valence-electron chi connectivity index (χ1n) is 7.32. The van der Waals surface area contributed by atoms with Crippen LogP contribution in [0.1, 0.15) is 28.5 Å². The van der Waals surface area contributed by atoms with Crippen LogP contribution in [-0.4, -0.2) is 35.8 Å². The summed E-state index contributed by atoms with van der Waals surface area (Å²) in [6.07, 6.45) is 1.48. The predicted octanol–water partition coefficient (Wildman–Crippen LogP) is 1.99. The van der Waals surface area contributed by atoms with Gasteiger partial charge in [0, 0.05) is 24.9 Å². The van der Waals surface area contributed by atoms with E-state index in [-0.39, 0.29) is 12.3 Å². The number of carboxylic acid groups (broad SMARTS) is 1. The molecule has 2 aromatic rings. The molecule has 0 aliphatic rings. The van der Waals surface area contributed by atoms with Crippen molar-refractivity contribution in [2.24, 2.45) is 7.05 Å². The molecule has 1 heterocycles. The van der Waals surface area contributed by atoms with Crippen LogP contribution in [-0.2, 0) is 11.8 Å². The number of aliphatic carboxylic acids is 1. The highest BCUT2D eigenvalue weighted by atomic mass is 16.5. The fourth-order valence-corrected chi connectivity index (χ4v) is 2.45. The lowest BCUT2D eigenvalue weighted by atomic mass is 10.0. The maximum Gasteiger partial charge on any atom is 0.305 e. The molecule has 2 rings (SSSR count). The molecule has 7 nitrogen and oxygen atoms in total. The molecule has 7 heteroatoms. The molecule has 128 valence electrons. The van der Waals surface area contributed by atoms with Crippen molar-refractivity contribution < 1.29 is 24.2 Å². The summed E-state index contributed by atoms with van der Waals surface area (Å²) in [5.41, 5.74) is 1.01. The van der Waals surface area contributed by atoms with Gasteiger partial charge in [0.25, 0.3) is 5.91 Å². The standard InChI is InChI=1S/C17H20N2O5/c1-19-8-4-5-14(19)17(22)18-13(10-16(20)21)12-7-6-11(23-2)9-15(12)24-3/h4-9,13H,10H2,1-3H3,(H,18,22)(H,20,21). The van der Waals surface area contributed by atoms with E-state index in [9.17, 15) is 14.7 Å². The number of hydrogen-bond acceptors (Lipinski definition) is 4. The largest absolute Gasteiger partial charge is 0.497 e. The molecule has 1 aromatic carbocycles. The van der Waals surface area contributed by atoms with Crippen LogP contribution in [0.25, 0.3) is 0 Å². The number of nitrogens with one attached hydrogen (secondary N) is 1. The Bertz CT molecular complexity index is 738. The van der Waals surface area contributed by atoms with Gasteiger partial charge in [-0.3, -0.25) is 9.59 Å². The minimum Gasteiger partial charge on any atom is -0.497 e. The molecule has 1 unspecified atom stereocenters. The summed E-state index contributed by atoms with van der Waals surface area (Å²) < 4.78 is 12.1. The van der Waals surface area contributed by atoms with Crippen LogP contribution in [0.2, 0.25) is 0 Å². The molecule has 1 amide bonds. The maximum absolute atomic E-state index is 12.4. The van der Waals surface area contributed by atoms with Gasteiger partial charge in [-0.25, -0.2) is 0 Å². The third-order valence-corrected chi connectivity index (χ3v) is 3.68. The van der Waals surface area contributed by atoms with E-state index in [1.165, 1.54) is 14.2 Å². The zero-order chi connectivity index (χ0) is 17.7. The second kappa shape index (κ2) is 7.54. The Morgan fingerprint density at radius 3 is 2.54 bits per heavy atom. The average molecular weight is 332 g/mol. The van der Waals surface area contributed by atoms with Crippen LogP contribution < -0.4 is 14.8 Å². The summed E-state index contributed by atoms with van der Waals surface area (Å²) in [5, 5.41) is 11.9. The van der Waals surface area contributed by atoms with E-state index >= 15 is 0 Å². The Morgan fingerprint density at radius 1 is 1.25 bits per heavy atom. The van der Waals surface area contributed by atoms with Crippen molar-refractivity contribution in [1.29, 1.82) is 0 Å². The lowest BCUT2D eigenvalue weighted by Crippen LogP contribution is -2.31. The number of hydrogen-bond donors (Lipinski definition) is 2. The minimum atomic E-state index is -1.02. The fraction of sp³-hybridized carbons (Fsp3) is 0.294. The van der Waals surface area contributed by atoms with Crippen LogP contribution in [0, 0.1) is 0 Å². The fourth-order valence-electron chi connectivity index (χ4n) is 2.45. The molecule has 0 saturated carbocycles. The van der Waals surface area contributed by atoms with Crippen molar-refractivity contribution in [2.45, 2.75) is 12.5 Å². The molecule has 0 bridgehead atoms. The summed E-state index contributed by atoms with van der Waals surface area (Å²) in [6.45, 7) is 0. The van der Waals surface area contributed by atoms with Crippen LogP contribution in [0.15, 0.2) is 36.5 Å². The first-order valence-corrected chi connectivity index (χ1v) is 7.32. The molecule has 1 atom stereocenters. The van der Waals surface area contributed by atoms with E-state index < -0.39 is 12.0 Å². The summed E-state index contributed by atoms with van der Waals surface area (Å²) >= 11 is 0. The highest BCUT2D eigenvalue weighted by Crippen LogP contribution is 2.31. The molecule has 1 aromatic heterocycles. The minimum absolute atomic E-state index is 0.265. The molecule has 24 heavy (non-hydrogen) atoms. The SMILES string of the molecule is COc1ccc(C(CC(=O)O)NC(=O)c2cccn2C)c(OC)c1. The van der Waals surface area contributed by atoms with Crippen LogP contribution in [0.4, 0.5) is 0 Å². The molecule has 0 radical (unpaired) electrons. The number of amides is 1. The first-order chi connectivity index (χ1) is 11.5. The number of rotatable bonds is 7. The van der Waals surface area contributed by atoms with Gasteiger partial charge < -0.3 is 24.5 Å². The van der Waals surface area contributed by atoms with Gasteiger partial charge in [-0.1, -0.05) is 0 Å². The summed E-state index contributed by atoms with van der Waals surface area (Å²) in [7, 11) is 4.75. The van der Waals surface area contributed by atoms with E-state index in [1.807, 2.05) is 0 Å². The van der Waals surface area contributed by atoms with Gasteiger partial charge in [-0.15, -0.1) is 0 Å². The first kappa shape index (κ1) is 17.4. The molecule has 0 saturated heterocycles. The summed E-state index contributed by atoms with van der Waals surface area (Å²) in [5.74, 6) is -0.345. The number of nitrogens with zero attached hydrogens (tertiary/aromatic N) is 1. The average Bonchev–Trinajstić information content (AvgIpc) is 2.99. The van der Waals surface area contributed by atoms with Gasteiger partial charge in [-0.05, 0) is 24.3 Å². The Kier molecular flexibility index (Phi) is 5.47. The second-order valence-electron chi connectivity index (χ2n) is 5.24. The lowest BCUT2D eigenvalue weighted by molar-refractivity contribution is -0.137. The van der Waals surface area contributed by atoms with Crippen molar-refractivity contribution in [2.75, 3.05) is 14.2 Å². The van der Waals surface area contributed by atoms with Gasteiger partial charge in [0.1, 0.15) is 17.2 Å². The van der Waals surface area contributed by atoms with Gasteiger partial charge in [0.05, 0.1) is 26.7 Å². The monoisotopic (exact) mass is 332 g/mol. The number of ether oxygens (including phenoxy) is 2. The highest BCUT2D eigenvalue weighted by Gasteiger charge is 2.23. The van der Waals surface area contributed by atoms with E-state index in [0.717, 1.165) is 0 Å². The molecule has 0 spiro atoms. The van der Waals surface area contributed by atoms with Crippen molar-refractivity contribution in [3.05, 3.63) is 47.8 Å². The number of methoxy groups -OCH3 is 2. The molecule has 0 aliphatic carbocycles.